The number of nitrogens with zero attached hydrogens (tertiary/aromatic N) is 2. The van der Waals surface area contributed by atoms with Gasteiger partial charge in [0, 0.05) is 5.39 Å². The van der Waals surface area contributed by atoms with Gasteiger partial charge in [0.05, 0.1) is 22.6 Å². The molecule has 1 unspecified atom stereocenters. The number of halogens is 2. The molecule has 0 bridgehead atoms. The lowest BCUT2D eigenvalue weighted by Gasteiger charge is -1.99. The lowest BCUT2D eigenvalue weighted by Crippen LogP contribution is -1.81. The predicted octanol–water partition coefficient (Wildman–Crippen LogP) is 3.30. The van der Waals surface area contributed by atoms with Crippen LogP contribution in [0.3, 0.4) is 0 Å². The number of rotatable bonds is 1. The Morgan fingerprint density at radius 2 is 2.31 bits per heavy atom. The highest BCUT2D eigenvalue weighted by Crippen LogP contribution is 2.35. The van der Waals surface area contributed by atoms with Crippen molar-refractivity contribution in [1.29, 1.82) is 0 Å². The molecule has 1 atom stereocenters. The number of hydrogen-bond acceptors (Lipinski definition) is 2. The van der Waals surface area contributed by atoms with Gasteiger partial charge in [0.25, 0.3) is 0 Å². The highest BCUT2D eigenvalue weighted by molar-refractivity contribution is 14.2. The SMILES string of the molecule is Oc1ccc2c(cnn2PI)c1Br. The number of aromatic hydroxyl groups is 1. The van der Waals surface area contributed by atoms with E-state index in [4.69, 9.17) is 0 Å². The van der Waals surface area contributed by atoms with Crippen molar-refractivity contribution in [2.24, 2.45) is 0 Å². The van der Waals surface area contributed by atoms with E-state index in [1.807, 2.05) is 10.5 Å². The lowest BCUT2D eigenvalue weighted by atomic mass is 10.2. The van der Waals surface area contributed by atoms with Gasteiger partial charge in [-0.2, -0.15) is 5.10 Å². The summed E-state index contributed by atoms with van der Waals surface area (Å²) in [6, 6.07) is 3.54. The molecule has 3 nitrogen and oxygen atoms in total. The average Bonchev–Trinajstić information content (AvgIpc) is 2.55. The fourth-order valence-corrected chi connectivity index (χ4v) is 3.10. The van der Waals surface area contributed by atoms with Gasteiger partial charge in [0.1, 0.15) is 5.75 Å². The molecule has 0 spiro atoms. The first kappa shape index (κ1) is 9.68. The number of fused-ring (bicyclic) bond motifs is 1. The Bertz CT molecular complexity index is 459. The molecule has 0 aliphatic carbocycles. The van der Waals surface area contributed by atoms with E-state index in [1.54, 1.807) is 12.3 Å². The van der Waals surface area contributed by atoms with Gasteiger partial charge in [-0.05, 0) is 50.1 Å². The highest BCUT2D eigenvalue weighted by Gasteiger charge is 2.07. The summed E-state index contributed by atoms with van der Waals surface area (Å²) < 4.78 is 2.62. The summed E-state index contributed by atoms with van der Waals surface area (Å²) in [6.45, 7) is 0. The van der Waals surface area contributed by atoms with E-state index in [9.17, 15) is 5.11 Å². The molecule has 13 heavy (non-hydrogen) atoms. The molecule has 0 fully saturated rings. The Morgan fingerprint density at radius 1 is 1.54 bits per heavy atom. The summed E-state index contributed by atoms with van der Waals surface area (Å²) in [6.07, 6.45) is 2.33. The molecule has 1 aromatic carbocycles. The Balaban J connectivity index is 2.81. The molecule has 6 heteroatoms. The van der Waals surface area contributed by atoms with Crippen LogP contribution in [0, 0.1) is 0 Å². The molecule has 1 heterocycles. The minimum Gasteiger partial charge on any atom is -0.507 e. The fourth-order valence-electron chi connectivity index (χ4n) is 1.12. The number of phenolic OH excluding ortho intramolecular Hbond substituents is 1. The maximum atomic E-state index is 9.42. The highest BCUT2D eigenvalue weighted by atomic mass is 127. The molecule has 0 saturated carbocycles. The normalized spacial score (nSPS) is 11.8. The predicted molar refractivity (Wildman–Crippen MR) is 66.8 cm³/mol. The van der Waals surface area contributed by atoms with Crippen molar-refractivity contribution in [3.8, 4) is 5.75 Å². The minimum absolute atomic E-state index is 0.254. The standard InChI is InChI=1S/C7H5BrIN2OP/c8-7-4-3-10-11(13-9)5(4)1-2-6(7)12/h1-3,12-13H. The van der Waals surface area contributed by atoms with Gasteiger partial charge in [-0.3, -0.25) is 0 Å². The van der Waals surface area contributed by atoms with E-state index in [0.717, 1.165) is 10.9 Å². The molecule has 0 aliphatic rings. The van der Waals surface area contributed by atoms with E-state index in [-0.39, 0.29) is 5.75 Å². The van der Waals surface area contributed by atoms with E-state index in [0.29, 0.717) is 10.8 Å². The van der Waals surface area contributed by atoms with Gasteiger partial charge in [-0.1, -0.05) is 0 Å². The second-order valence-electron chi connectivity index (χ2n) is 2.47. The van der Waals surface area contributed by atoms with Gasteiger partial charge >= 0.3 is 0 Å². The van der Waals surface area contributed by atoms with Crippen LogP contribution >= 0.6 is 44.3 Å². The summed E-state index contributed by atoms with van der Waals surface area (Å²) in [5.41, 5.74) is 1.04. The van der Waals surface area contributed by atoms with Crippen LogP contribution in [-0.4, -0.2) is 14.7 Å². The summed E-state index contributed by atoms with van der Waals surface area (Å²) >= 11 is 5.59. The van der Waals surface area contributed by atoms with Gasteiger partial charge in [0.15, 0.2) is 0 Å². The van der Waals surface area contributed by atoms with Crippen molar-refractivity contribution in [2.45, 2.75) is 0 Å². The number of phenols is 1. The first-order valence-corrected chi connectivity index (χ1v) is 8.31. The molecular weight excluding hydrogens is 366 g/mol. The van der Waals surface area contributed by atoms with Gasteiger partial charge < -0.3 is 5.11 Å². The zero-order valence-corrected chi connectivity index (χ0v) is 11.1. The van der Waals surface area contributed by atoms with Crippen molar-refractivity contribution in [1.82, 2.24) is 9.55 Å². The average molecular weight is 371 g/mol. The zero-order chi connectivity index (χ0) is 9.42. The fraction of sp³-hybridized carbons (Fsp3) is 0. The van der Waals surface area contributed by atoms with Crippen LogP contribution in [-0.2, 0) is 0 Å². The van der Waals surface area contributed by atoms with Crippen LogP contribution < -0.4 is 0 Å². The molecule has 0 radical (unpaired) electrons. The number of benzene rings is 1. The number of aromatic nitrogens is 2. The summed E-state index contributed by atoms with van der Waals surface area (Å²) in [7, 11) is 0. The second kappa shape index (κ2) is 3.71. The largest absolute Gasteiger partial charge is 0.507 e. The molecule has 1 N–H and O–H groups in total. The maximum Gasteiger partial charge on any atom is 0.130 e. The molecule has 2 aromatic rings. The van der Waals surface area contributed by atoms with Crippen LogP contribution in [0.1, 0.15) is 0 Å². The molecule has 2 rings (SSSR count). The molecule has 1 aromatic heterocycles. The maximum absolute atomic E-state index is 9.42. The molecule has 0 amide bonds. The van der Waals surface area contributed by atoms with Crippen LogP contribution in [0.2, 0.25) is 0 Å². The van der Waals surface area contributed by atoms with E-state index in [1.165, 1.54) is 0 Å². The smallest absolute Gasteiger partial charge is 0.130 e. The zero-order valence-electron chi connectivity index (χ0n) is 6.33. The van der Waals surface area contributed by atoms with Crippen LogP contribution in [0.5, 0.6) is 5.75 Å². The summed E-state index contributed by atoms with van der Waals surface area (Å²) in [5.74, 6) is 0.254. The first-order chi connectivity index (χ1) is 6.24. The topological polar surface area (TPSA) is 38.1 Å². The van der Waals surface area contributed by atoms with Crippen molar-refractivity contribution >= 4 is 55.2 Å². The van der Waals surface area contributed by atoms with Gasteiger partial charge in [-0.25, -0.2) is 4.45 Å². The third-order valence-corrected chi connectivity index (χ3v) is 4.47. The molecule has 0 saturated heterocycles. The van der Waals surface area contributed by atoms with Crippen molar-refractivity contribution in [3.63, 3.8) is 0 Å². The molecular formula is C7H5BrIN2OP. The summed E-state index contributed by atoms with van der Waals surface area (Å²) in [4.78, 5) is 0. The van der Waals surface area contributed by atoms with Crippen LogP contribution in [0.4, 0.5) is 0 Å². The van der Waals surface area contributed by atoms with E-state index in [2.05, 4.69) is 43.1 Å². The van der Waals surface area contributed by atoms with Crippen LogP contribution in [0.25, 0.3) is 10.9 Å². The van der Waals surface area contributed by atoms with Crippen molar-refractivity contribution in [3.05, 3.63) is 22.8 Å². The summed E-state index contributed by atoms with van der Waals surface area (Å²) in [5, 5.41) is 14.6. The van der Waals surface area contributed by atoms with E-state index < -0.39 is 0 Å². The quantitative estimate of drug-likeness (QED) is 0.618. The molecule has 68 valence electrons. The lowest BCUT2D eigenvalue weighted by molar-refractivity contribution is 0.473. The molecule has 0 aliphatic heterocycles. The van der Waals surface area contributed by atoms with Crippen molar-refractivity contribution < 1.29 is 5.11 Å². The Morgan fingerprint density at radius 3 is 3.00 bits per heavy atom. The number of hydrogen-bond donors (Lipinski definition) is 1. The minimum atomic E-state index is 0.254. The van der Waals surface area contributed by atoms with E-state index >= 15 is 0 Å². The van der Waals surface area contributed by atoms with Gasteiger partial charge in [0.2, 0.25) is 0 Å². The first-order valence-electron chi connectivity index (χ1n) is 3.46. The Labute approximate surface area is 98.0 Å². The van der Waals surface area contributed by atoms with Crippen molar-refractivity contribution in [2.75, 3.05) is 0 Å². The Kier molecular flexibility index (Phi) is 2.76. The second-order valence-corrected chi connectivity index (χ2v) is 5.31. The third-order valence-electron chi connectivity index (χ3n) is 1.75. The van der Waals surface area contributed by atoms with Crippen LogP contribution in [0.15, 0.2) is 22.8 Å². The van der Waals surface area contributed by atoms with Gasteiger partial charge in [-0.15, -0.1) is 0 Å². The third kappa shape index (κ3) is 1.57. The monoisotopic (exact) mass is 370 g/mol. The Hall–Kier alpha value is 0.130.